The Bertz CT molecular complexity index is 629. The molecule has 0 bridgehead atoms. The zero-order chi connectivity index (χ0) is 14.9. The van der Waals surface area contributed by atoms with Crippen LogP contribution >= 0.6 is 22.6 Å². The van der Waals surface area contributed by atoms with Crippen LogP contribution in [0.4, 0.5) is 0 Å². The van der Waals surface area contributed by atoms with E-state index in [2.05, 4.69) is 41.4 Å². The summed E-state index contributed by atoms with van der Waals surface area (Å²) in [4.78, 5) is 18.8. The summed E-state index contributed by atoms with van der Waals surface area (Å²) in [6.45, 7) is 9.70. The first kappa shape index (κ1) is 15.3. The van der Waals surface area contributed by atoms with Gasteiger partial charge < -0.3 is 4.90 Å². The summed E-state index contributed by atoms with van der Waals surface area (Å²) in [6, 6.07) is 3.76. The van der Waals surface area contributed by atoms with Gasteiger partial charge in [-0.25, -0.2) is 4.98 Å². The van der Waals surface area contributed by atoms with Crippen LogP contribution < -0.4 is 0 Å². The summed E-state index contributed by atoms with van der Waals surface area (Å²) >= 11 is 2.31. The fourth-order valence-corrected chi connectivity index (χ4v) is 3.38. The Morgan fingerprint density at radius 1 is 1.40 bits per heavy atom. The van der Waals surface area contributed by atoms with Crippen LogP contribution in [0, 0.1) is 3.70 Å². The van der Waals surface area contributed by atoms with E-state index in [1.165, 1.54) is 0 Å². The Labute approximate surface area is 133 Å². The molecule has 2 aromatic rings. The van der Waals surface area contributed by atoms with E-state index in [4.69, 9.17) is 0 Å². The first-order chi connectivity index (χ1) is 9.49. The maximum absolute atomic E-state index is 12.4. The van der Waals surface area contributed by atoms with Gasteiger partial charge >= 0.3 is 0 Å². The molecule has 20 heavy (non-hydrogen) atoms. The van der Waals surface area contributed by atoms with Gasteiger partial charge in [0.1, 0.15) is 9.35 Å². The second-order valence-electron chi connectivity index (χ2n) is 5.06. The molecule has 0 N–H and O–H groups in total. The SMILES string of the molecule is CCN(CC)C(=O)c1ccn2c(I)c(C(C)C)nc2c1. The Hall–Kier alpha value is -1.11. The fraction of sp³-hybridized carbons (Fsp3) is 0.467. The lowest BCUT2D eigenvalue weighted by molar-refractivity contribution is 0.0773. The standard InChI is InChI=1S/C15H20IN3O/c1-5-18(6-2)15(20)11-7-8-19-12(9-11)17-13(10(3)4)14(19)16/h7-10H,5-6H2,1-4H3. The highest BCUT2D eigenvalue weighted by atomic mass is 127. The number of carbonyl (C=O) groups is 1. The summed E-state index contributed by atoms with van der Waals surface area (Å²) in [6.07, 6.45) is 1.94. The van der Waals surface area contributed by atoms with Crippen molar-refractivity contribution in [3.8, 4) is 0 Å². The normalized spacial score (nSPS) is 11.3. The van der Waals surface area contributed by atoms with Crippen LogP contribution in [0.1, 0.15) is 49.7 Å². The first-order valence-electron chi connectivity index (χ1n) is 6.96. The van der Waals surface area contributed by atoms with Crippen LogP contribution in [0.25, 0.3) is 5.65 Å². The molecule has 0 spiro atoms. The first-order valence-corrected chi connectivity index (χ1v) is 8.04. The van der Waals surface area contributed by atoms with Gasteiger partial charge in [-0.1, -0.05) is 13.8 Å². The van der Waals surface area contributed by atoms with Crippen LogP contribution in [0.2, 0.25) is 0 Å². The number of imidazole rings is 1. The number of halogens is 1. The Kier molecular flexibility index (Phi) is 4.67. The molecule has 0 aliphatic carbocycles. The van der Waals surface area contributed by atoms with E-state index in [1.54, 1.807) is 0 Å². The maximum atomic E-state index is 12.4. The molecule has 1 amide bonds. The minimum Gasteiger partial charge on any atom is -0.339 e. The molecule has 2 rings (SSSR count). The molecule has 0 aromatic carbocycles. The van der Waals surface area contributed by atoms with Crippen molar-refractivity contribution in [3.05, 3.63) is 33.3 Å². The van der Waals surface area contributed by atoms with Gasteiger partial charge in [-0.3, -0.25) is 9.20 Å². The summed E-state index contributed by atoms with van der Waals surface area (Å²) in [5, 5.41) is 0. The molecular formula is C15H20IN3O. The van der Waals surface area contributed by atoms with Crippen molar-refractivity contribution in [1.82, 2.24) is 14.3 Å². The third-order valence-corrected chi connectivity index (χ3v) is 4.51. The molecule has 0 unspecified atom stereocenters. The van der Waals surface area contributed by atoms with Crippen LogP contribution in [-0.4, -0.2) is 33.3 Å². The number of pyridine rings is 1. The predicted octanol–water partition coefficient (Wildman–Crippen LogP) is 3.54. The van der Waals surface area contributed by atoms with Crippen LogP contribution in [-0.2, 0) is 0 Å². The number of fused-ring (bicyclic) bond motifs is 1. The van der Waals surface area contributed by atoms with Crippen molar-refractivity contribution >= 4 is 34.1 Å². The quantitative estimate of drug-likeness (QED) is 0.755. The summed E-state index contributed by atoms with van der Waals surface area (Å²) in [5.41, 5.74) is 2.63. The molecular weight excluding hydrogens is 365 g/mol. The summed E-state index contributed by atoms with van der Waals surface area (Å²) in [7, 11) is 0. The molecule has 0 radical (unpaired) electrons. The van der Waals surface area contributed by atoms with E-state index >= 15 is 0 Å². The minimum atomic E-state index is 0.0709. The van der Waals surface area contributed by atoms with Crippen molar-refractivity contribution in [2.45, 2.75) is 33.6 Å². The fourth-order valence-electron chi connectivity index (χ4n) is 2.23. The average Bonchev–Trinajstić information content (AvgIpc) is 2.77. The monoisotopic (exact) mass is 385 g/mol. The van der Waals surface area contributed by atoms with Crippen molar-refractivity contribution in [1.29, 1.82) is 0 Å². The number of amides is 1. The average molecular weight is 385 g/mol. The van der Waals surface area contributed by atoms with Gasteiger partial charge in [0.2, 0.25) is 0 Å². The van der Waals surface area contributed by atoms with Gasteiger partial charge in [0.05, 0.1) is 5.69 Å². The van der Waals surface area contributed by atoms with Crippen LogP contribution in [0.15, 0.2) is 18.3 Å². The smallest absolute Gasteiger partial charge is 0.254 e. The second-order valence-corrected chi connectivity index (χ2v) is 6.09. The third-order valence-electron chi connectivity index (χ3n) is 3.44. The molecule has 0 saturated heterocycles. The second kappa shape index (κ2) is 6.11. The number of aromatic nitrogens is 2. The van der Waals surface area contributed by atoms with Crippen molar-refractivity contribution in [2.24, 2.45) is 0 Å². The van der Waals surface area contributed by atoms with Crippen LogP contribution in [0.5, 0.6) is 0 Å². The molecule has 2 heterocycles. The minimum absolute atomic E-state index is 0.0709. The largest absolute Gasteiger partial charge is 0.339 e. The number of hydrogen-bond acceptors (Lipinski definition) is 2. The number of rotatable bonds is 4. The van der Waals surface area contributed by atoms with Gasteiger partial charge in [0.25, 0.3) is 5.91 Å². The summed E-state index contributed by atoms with van der Waals surface area (Å²) < 4.78 is 3.16. The molecule has 0 saturated carbocycles. The third kappa shape index (κ3) is 2.68. The molecule has 0 aliphatic rings. The van der Waals surface area contributed by atoms with Crippen molar-refractivity contribution in [2.75, 3.05) is 13.1 Å². The van der Waals surface area contributed by atoms with Crippen LogP contribution in [0.3, 0.4) is 0 Å². The van der Waals surface area contributed by atoms with Crippen molar-refractivity contribution < 1.29 is 4.79 Å². The van der Waals surface area contributed by atoms with Gasteiger partial charge in [-0.15, -0.1) is 0 Å². The van der Waals surface area contributed by atoms with Gasteiger partial charge in [0.15, 0.2) is 0 Å². The molecule has 5 heteroatoms. The predicted molar refractivity (Wildman–Crippen MR) is 89.2 cm³/mol. The molecule has 4 nitrogen and oxygen atoms in total. The molecule has 0 fully saturated rings. The van der Waals surface area contributed by atoms with Gasteiger partial charge in [-0.2, -0.15) is 0 Å². The summed E-state index contributed by atoms with van der Waals surface area (Å²) in [5.74, 6) is 0.449. The van der Waals surface area contributed by atoms with Gasteiger partial charge in [-0.05, 0) is 54.5 Å². The highest BCUT2D eigenvalue weighted by Gasteiger charge is 2.16. The Balaban J connectivity index is 2.46. The molecule has 0 aliphatic heterocycles. The molecule has 0 atom stereocenters. The zero-order valence-electron chi connectivity index (χ0n) is 12.4. The van der Waals surface area contributed by atoms with Crippen molar-refractivity contribution in [3.63, 3.8) is 0 Å². The number of nitrogens with zero attached hydrogens (tertiary/aromatic N) is 3. The number of carbonyl (C=O) groups excluding carboxylic acids is 1. The maximum Gasteiger partial charge on any atom is 0.254 e. The van der Waals surface area contributed by atoms with E-state index in [-0.39, 0.29) is 5.91 Å². The highest BCUT2D eigenvalue weighted by molar-refractivity contribution is 14.1. The van der Waals surface area contributed by atoms with E-state index in [1.807, 2.05) is 41.5 Å². The Morgan fingerprint density at radius 3 is 2.60 bits per heavy atom. The highest BCUT2D eigenvalue weighted by Crippen LogP contribution is 2.23. The Morgan fingerprint density at radius 2 is 2.05 bits per heavy atom. The van der Waals surface area contributed by atoms with E-state index in [0.29, 0.717) is 11.5 Å². The van der Waals surface area contributed by atoms with E-state index < -0.39 is 0 Å². The van der Waals surface area contributed by atoms with Gasteiger partial charge in [0, 0.05) is 24.8 Å². The van der Waals surface area contributed by atoms with E-state index in [9.17, 15) is 4.79 Å². The zero-order valence-corrected chi connectivity index (χ0v) is 14.5. The molecule has 2 aromatic heterocycles. The van der Waals surface area contributed by atoms with E-state index in [0.717, 1.165) is 28.1 Å². The topological polar surface area (TPSA) is 37.6 Å². The lowest BCUT2D eigenvalue weighted by atomic mass is 10.2. The number of hydrogen-bond donors (Lipinski definition) is 0. The lowest BCUT2D eigenvalue weighted by Crippen LogP contribution is -2.30. The molecule has 108 valence electrons. The lowest BCUT2D eigenvalue weighted by Gasteiger charge is -2.18.